The fraction of sp³-hybridized carbons (Fsp3) is 0.400. The molecule has 25 heavy (non-hydrogen) atoms. The number of benzene rings is 1. The van der Waals surface area contributed by atoms with Gasteiger partial charge in [-0.1, -0.05) is 6.07 Å². The topological polar surface area (TPSA) is 93.9 Å². The Bertz CT molecular complexity index is 784. The van der Waals surface area contributed by atoms with Gasteiger partial charge in [0.05, 0.1) is 49.3 Å². The molecule has 0 aliphatic carbocycles. The highest BCUT2D eigenvalue weighted by atomic mass is 32.2. The number of aryl methyl sites for hydroxylation is 1. The van der Waals surface area contributed by atoms with Crippen LogP contribution in [0, 0.1) is 10.1 Å². The second kappa shape index (κ2) is 7.62. The van der Waals surface area contributed by atoms with Crippen molar-refractivity contribution >= 4 is 23.7 Å². The summed E-state index contributed by atoms with van der Waals surface area (Å²) in [5.74, 6) is 0. The number of nitro benzene ring substituents is 1. The van der Waals surface area contributed by atoms with E-state index < -0.39 is 0 Å². The molecule has 132 valence electrons. The number of nitrogens with zero attached hydrogens (tertiary/aromatic N) is 6. The van der Waals surface area contributed by atoms with Crippen LogP contribution in [-0.4, -0.2) is 64.1 Å². The lowest BCUT2D eigenvalue weighted by molar-refractivity contribution is -0.884. The first-order valence-corrected chi connectivity index (χ1v) is 8.75. The highest BCUT2D eigenvalue weighted by Gasteiger charge is 2.18. The molecule has 1 aliphatic rings. The van der Waals surface area contributed by atoms with Crippen molar-refractivity contribution in [3.8, 4) is 0 Å². The third-order valence-corrected chi connectivity index (χ3v) is 5.13. The van der Waals surface area contributed by atoms with Crippen molar-refractivity contribution in [2.45, 2.75) is 10.1 Å². The van der Waals surface area contributed by atoms with Gasteiger partial charge in [0.25, 0.3) is 5.69 Å². The minimum absolute atomic E-state index is 0.0415. The van der Waals surface area contributed by atoms with E-state index in [1.54, 1.807) is 36.3 Å². The van der Waals surface area contributed by atoms with Crippen LogP contribution in [0.3, 0.4) is 0 Å². The molecule has 2 aromatic rings. The maximum Gasteiger partial charge on any atom is 0.283 e. The van der Waals surface area contributed by atoms with E-state index >= 15 is 0 Å². The smallest absolute Gasteiger partial charge is 0.283 e. The van der Waals surface area contributed by atoms with Gasteiger partial charge >= 0.3 is 0 Å². The largest absolute Gasteiger partial charge is 0.334 e. The zero-order valence-electron chi connectivity index (χ0n) is 14.1. The third kappa shape index (κ3) is 4.34. The molecule has 0 bridgehead atoms. The van der Waals surface area contributed by atoms with Gasteiger partial charge < -0.3 is 9.47 Å². The first-order chi connectivity index (χ1) is 12.0. The van der Waals surface area contributed by atoms with Gasteiger partial charge in [-0.3, -0.25) is 15.1 Å². The van der Waals surface area contributed by atoms with Gasteiger partial charge in [0.1, 0.15) is 6.33 Å². The summed E-state index contributed by atoms with van der Waals surface area (Å²) >= 11 is 1.22. The van der Waals surface area contributed by atoms with Gasteiger partial charge in [-0.05, 0) is 17.8 Å². The zero-order valence-corrected chi connectivity index (χ0v) is 14.9. The number of rotatable bonds is 5. The summed E-state index contributed by atoms with van der Waals surface area (Å²) in [6, 6.07) is 5.10. The average Bonchev–Trinajstić information content (AvgIpc) is 3.00. The quantitative estimate of drug-likeness (QED) is 0.458. The van der Waals surface area contributed by atoms with E-state index in [1.807, 2.05) is 11.1 Å². The second-order valence-electron chi connectivity index (χ2n) is 5.97. The van der Waals surface area contributed by atoms with Gasteiger partial charge in [0.2, 0.25) is 0 Å². The number of likely N-dealkylation sites (N-methyl/N-ethyl adjacent to an activating group) is 1. The molecule has 0 radical (unpaired) electrons. The van der Waals surface area contributed by atoms with Gasteiger partial charge in [0.15, 0.2) is 5.16 Å². The number of hydrogen-bond donors (Lipinski definition) is 1. The summed E-state index contributed by atoms with van der Waals surface area (Å²) in [5.41, 5.74) is 0.750. The van der Waals surface area contributed by atoms with Crippen molar-refractivity contribution < 1.29 is 9.82 Å². The highest BCUT2D eigenvalue weighted by Crippen LogP contribution is 2.33. The molecule has 0 atom stereocenters. The highest BCUT2D eigenvalue weighted by molar-refractivity contribution is 7.99. The molecule has 0 amide bonds. The number of quaternary nitrogens is 1. The fourth-order valence-electron chi connectivity index (χ4n) is 2.45. The van der Waals surface area contributed by atoms with Crippen molar-refractivity contribution in [1.29, 1.82) is 0 Å². The first kappa shape index (κ1) is 17.4. The molecule has 1 saturated heterocycles. The maximum atomic E-state index is 11.4. The van der Waals surface area contributed by atoms with E-state index in [0.717, 1.165) is 26.2 Å². The Morgan fingerprint density at radius 1 is 1.40 bits per heavy atom. The SMILES string of the molecule is Cn1cnnc1Sc1ccc(/C=N\N2CC[NH+](C)CC2)cc1[N+](=O)[O-]. The van der Waals surface area contributed by atoms with Crippen LogP contribution < -0.4 is 4.90 Å². The molecule has 1 fully saturated rings. The van der Waals surface area contributed by atoms with Gasteiger partial charge in [-0.15, -0.1) is 10.2 Å². The van der Waals surface area contributed by atoms with Crippen LogP contribution in [0.4, 0.5) is 5.69 Å². The average molecular weight is 362 g/mol. The molecule has 1 aliphatic heterocycles. The predicted molar refractivity (Wildman–Crippen MR) is 94.0 cm³/mol. The molecule has 1 aromatic heterocycles. The zero-order chi connectivity index (χ0) is 17.8. The van der Waals surface area contributed by atoms with E-state index in [2.05, 4.69) is 22.3 Å². The monoisotopic (exact) mass is 362 g/mol. The molecule has 0 unspecified atom stereocenters. The molecule has 0 saturated carbocycles. The van der Waals surface area contributed by atoms with Crippen LogP contribution in [0.2, 0.25) is 0 Å². The molecule has 10 heteroatoms. The lowest BCUT2D eigenvalue weighted by atomic mass is 10.2. The number of aromatic nitrogens is 3. The summed E-state index contributed by atoms with van der Waals surface area (Å²) in [6.07, 6.45) is 3.25. The summed E-state index contributed by atoms with van der Waals surface area (Å²) in [6.45, 7) is 3.88. The number of hydrazone groups is 1. The minimum Gasteiger partial charge on any atom is -0.334 e. The molecule has 1 aromatic carbocycles. The Labute approximate surface area is 149 Å². The summed E-state index contributed by atoms with van der Waals surface area (Å²) in [5, 5.41) is 26.2. The lowest BCUT2D eigenvalue weighted by Gasteiger charge is -2.27. The van der Waals surface area contributed by atoms with Crippen molar-refractivity contribution in [2.75, 3.05) is 33.2 Å². The molecule has 3 rings (SSSR count). The van der Waals surface area contributed by atoms with Crippen molar-refractivity contribution in [2.24, 2.45) is 12.1 Å². The molecule has 2 heterocycles. The van der Waals surface area contributed by atoms with Crippen LogP contribution in [0.5, 0.6) is 0 Å². The van der Waals surface area contributed by atoms with Crippen LogP contribution in [0.15, 0.2) is 39.7 Å². The number of piperazine rings is 1. The fourth-order valence-corrected chi connectivity index (χ4v) is 3.30. The van der Waals surface area contributed by atoms with E-state index in [-0.39, 0.29) is 10.6 Å². The molecular formula is C15H20N7O2S+. The third-order valence-electron chi connectivity index (χ3n) is 4.01. The van der Waals surface area contributed by atoms with Gasteiger partial charge in [-0.25, -0.2) is 0 Å². The van der Waals surface area contributed by atoms with E-state index in [9.17, 15) is 10.1 Å². The van der Waals surface area contributed by atoms with Crippen LogP contribution in [0.1, 0.15) is 5.56 Å². The minimum atomic E-state index is -0.380. The number of hydrogen-bond acceptors (Lipinski definition) is 7. The second-order valence-corrected chi connectivity index (χ2v) is 6.98. The molecule has 1 N–H and O–H groups in total. The standard InChI is InChI=1S/C15H19N7O2S/c1-19-5-7-21(8-6-19)17-10-12-3-4-14(13(9-12)22(23)24)25-15-18-16-11-20(15)2/h3-4,9-11H,5-8H2,1-2H3/p+1/b17-10-. The van der Waals surface area contributed by atoms with E-state index in [0.29, 0.717) is 15.6 Å². The van der Waals surface area contributed by atoms with Crippen LogP contribution >= 0.6 is 11.8 Å². The van der Waals surface area contributed by atoms with Crippen molar-refractivity contribution in [3.63, 3.8) is 0 Å². The number of nitro groups is 1. The van der Waals surface area contributed by atoms with Gasteiger partial charge in [0, 0.05) is 18.7 Å². The molecule has 0 spiro atoms. The van der Waals surface area contributed by atoms with E-state index in [4.69, 9.17) is 0 Å². The van der Waals surface area contributed by atoms with E-state index in [1.165, 1.54) is 16.7 Å². The number of nitrogens with one attached hydrogen (secondary N) is 1. The summed E-state index contributed by atoms with van der Waals surface area (Å²) in [7, 11) is 3.96. The summed E-state index contributed by atoms with van der Waals surface area (Å²) < 4.78 is 1.72. The normalized spacial score (nSPS) is 15.8. The lowest BCUT2D eigenvalue weighted by Crippen LogP contribution is -3.11. The Morgan fingerprint density at radius 3 is 2.80 bits per heavy atom. The molecular weight excluding hydrogens is 342 g/mol. The summed E-state index contributed by atoms with van der Waals surface area (Å²) in [4.78, 5) is 13.1. The Balaban J connectivity index is 1.77. The Hall–Kier alpha value is -2.46. The maximum absolute atomic E-state index is 11.4. The van der Waals surface area contributed by atoms with Crippen LogP contribution in [-0.2, 0) is 7.05 Å². The Morgan fingerprint density at radius 2 is 2.16 bits per heavy atom. The van der Waals surface area contributed by atoms with Gasteiger partial charge in [-0.2, -0.15) is 5.10 Å². The first-order valence-electron chi connectivity index (χ1n) is 7.93. The Kier molecular flexibility index (Phi) is 5.29. The van der Waals surface area contributed by atoms with Crippen LogP contribution in [0.25, 0.3) is 0 Å². The van der Waals surface area contributed by atoms with Crippen molar-refractivity contribution in [3.05, 3.63) is 40.2 Å². The predicted octanol–water partition coefficient (Wildman–Crippen LogP) is 0.0387. The molecule has 9 nitrogen and oxygen atoms in total. The van der Waals surface area contributed by atoms with Crippen molar-refractivity contribution in [1.82, 2.24) is 19.8 Å².